The highest BCUT2D eigenvalue weighted by atomic mass is 16.5. The van der Waals surface area contributed by atoms with E-state index in [-0.39, 0.29) is 47.4 Å². The molecule has 1 aromatic rings. The van der Waals surface area contributed by atoms with Gasteiger partial charge in [0.25, 0.3) is 0 Å². The number of aryl methyl sites for hydroxylation is 1. The van der Waals surface area contributed by atoms with Gasteiger partial charge in [-0.2, -0.15) is 5.26 Å². The van der Waals surface area contributed by atoms with Crippen molar-refractivity contribution in [2.45, 2.75) is 69.9 Å². The van der Waals surface area contributed by atoms with Crippen molar-refractivity contribution < 1.29 is 29.0 Å². The van der Waals surface area contributed by atoms with Gasteiger partial charge in [0.05, 0.1) is 38.4 Å². The Balaban J connectivity index is 1.72. The van der Waals surface area contributed by atoms with Gasteiger partial charge in [0.1, 0.15) is 6.04 Å². The maximum absolute atomic E-state index is 13.8. The number of hydrogen-bond donors (Lipinski definition) is 3. The van der Waals surface area contributed by atoms with Crippen LogP contribution in [0.3, 0.4) is 0 Å². The van der Waals surface area contributed by atoms with E-state index in [1.807, 2.05) is 24.9 Å². The van der Waals surface area contributed by atoms with E-state index in [0.717, 1.165) is 11.1 Å². The topological polar surface area (TPSA) is 158 Å². The van der Waals surface area contributed by atoms with Gasteiger partial charge in [-0.3, -0.25) is 24.2 Å². The fourth-order valence-electron chi connectivity index (χ4n) is 7.17. The first kappa shape index (κ1) is 27.8. The molecule has 1 aromatic carbocycles. The zero-order valence-electron chi connectivity index (χ0n) is 23.6. The molecule has 0 aromatic heterocycles. The van der Waals surface area contributed by atoms with E-state index in [4.69, 9.17) is 15.2 Å². The second-order valence-corrected chi connectivity index (χ2v) is 11.1. The second kappa shape index (κ2) is 10.0. The molecule has 0 spiro atoms. The highest BCUT2D eigenvalue weighted by Crippen LogP contribution is 2.53. The number of nitriles is 1. The lowest BCUT2D eigenvalue weighted by Crippen LogP contribution is -2.71. The summed E-state index contributed by atoms with van der Waals surface area (Å²) in [5.41, 5.74) is 9.01. The number of nitrogens with one attached hydrogen (secondary N) is 1. The molecule has 3 heterocycles. The summed E-state index contributed by atoms with van der Waals surface area (Å²) in [7, 11) is 4.78. The molecule has 1 saturated heterocycles. The number of piperazine rings is 1. The fraction of sp³-hybridized carbons (Fsp3) is 0.517. The Morgan fingerprint density at radius 1 is 1.23 bits per heavy atom. The number of amides is 1. The number of methoxy groups -OCH3 is 2. The minimum absolute atomic E-state index is 0.0256. The number of carbonyl (C=O) groups is 3. The number of allylic oxidation sites excluding steroid dienone is 2. The van der Waals surface area contributed by atoms with E-state index in [0.29, 0.717) is 23.3 Å². The summed E-state index contributed by atoms with van der Waals surface area (Å²) in [4.78, 5) is 44.1. The molecule has 5 rings (SSSR count). The molecule has 1 fully saturated rings. The van der Waals surface area contributed by atoms with Crippen LogP contribution in [0.5, 0.6) is 11.5 Å². The molecule has 1 aliphatic carbocycles. The average Bonchev–Trinajstić information content (AvgIpc) is 2.91. The van der Waals surface area contributed by atoms with Gasteiger partial charge in [0, 0.05) is 40.9 Å². The number of aromatic hydroxyl groups is 1. The first-order chi connectivity index (χ1) is 19.0. The third-order valence-electron chi connectivity index (χ3n) is 8.95. The van der Waals surface area contributed by atoms with Gasteiger partial charge in [0.2, 0.25) is 11.7 Å². The number of ketones is 2. The Hall–Kier alpha value is -3.72. The minimum Gasteiger partial charge on any atom is -0.504 e. The molecule has 212 valence electrons. The Labute approximate surface area is 233 Å². The van der Waals surface area contributed by atoms with E-state index >= 15 is 0 Å². The van der Waals surface area contributed by atoms with Crippen LogP contribution >= 0.6 is 0 Å². The maximum atomic E-state index is 13.8. The summed E-state index contributed by atoms with van der Waals surface area (Å²) in [5, 5.41) is 24.8. The van der Waals surface area contributed by atoms with E-state index < -0.39 is 41.9 Å². The van der Waals surface area contributed by atoms with Crippen molar-refractivity contribution in [2.24, 2.45) is 5.73 Å². The number of likely N-dealkylation sites (N-methyl/N-ethyl adjacent to an activating group) is 1. The molecule has 11 nitrogen and oxygen atoms in total. The van der Waals surface area contributed by atoms with Crippen molar-refractivity contribution in [3.05, 3.63) is 45.2 Å². The number of nitrogens with zero attached hydrogens (tertiary/aromatic N) is 3. The number of fused-ring (bicyclic) bond motifs is 6. The molecular formula is C29H35N5O6. The van der Waals surface area contributed by atoms with Crippen molar-refractivity contribution in [1.82, 2.24) is 15.1 Å². The lowest BCUT2D eigenvalue weighted by Gasteiger charge is -2.60. The van der Waals surface area contributed by atoms with E-state index in [2.05, 4.69) is 16.3 Å². The van der Waals surface area contributed by atoms with Crippen molar-refractivity contribution in [3.63, 3.8) is 0 Å². The Morgan fingerprint density at radius 3 is 2.52 bits per heavy atom. The molecule has 1 amide bonds. The second-order valence-electron chi connectivity index (χ2n) is 11.1. The monoisotopic (exact) mass is 549 g/mol. The van der Waals surface area contributed by atoms with Gasteiger partial charge in [0.15, 0.2) is 23.0 Å². The van der Waals surface area contributed by atoms with Gasteiger partial charge < -0.3 is 25.6 Å². The largest absolute Gasteiger partial charge is 0.504 e. The molecule has 0 unspecified atom stereocenters. The molecule has 11 heteroatoms. The summed E-state index contributed by atoms with van der Waals surface area (Å²) in [6.07, 6.45) is 0.670. The number of phenolic OH excluding ortho intramolecular Hbond substituents is 1. The van der Waals surface area contributed by atoms with Crippen molar-refractivity contribution >= 4 is 17.5 Å². The lowest BCUT2D eigenvalue weighted by molar-refractivity contribution is -0.125. The van der Waals surface area contributed by atoms with Crippen LogP contribution in [-0.2, 0) is 25.5 Å². The summed E-state index contributed by atoms with van der Waals surface area (Å²) < 4.78 is 10.9. The molecule has 3 aliphatic heterocycles. The number of benzene rings is 1. The van der Waals surface area contributed by atoms with E-state index in [9.17, 15) is 24.8 Å². The van der Waals surface area contributed by atoms with Gasteiger partial charge in [-0.05, 0) is 51.8 Å². The first-order valence-electron chi connectivity index (χ1n) is 13.4. The fourth-order valence-corrected chi connectivity index (χ4v) is 7.17. The van der Waals surface area contributed by atoms with Crippen molar-refractivity contribution in [3.8, 4) is 17.6 Å². The van der Waals surface area contributed by atoms with Crippen LogP contribution in [0.25, 0.3) is 0 Å². The zero-order chi connectivity index (χ0) is 29.2. The van der Waals surface area contributed by atoms with Crippen molar-refractivity contribution in [1.29, 1.82) is 5.26 Å². The molecule has 0 saturated carbocycles. The zero-order valence-corrected chi connectivity index (χ0v) is 23.6. The number of ether oxygens (including phenoxy) is 2. The SMILES string of the molecule is COC1=C(C)C(=O)C2=C(C1=O)[C@H](CNC(=O)[C@H](C)N)N1[C@@H](C#N)[C@@H]3Cc4cc(C)c(OC)c(O)c4[C@H]([C@@H]1C2)N3C. The predicted octanol–water partition coefficient (Wildman–Crippen LogP) is 0.788. The van der Waals surface area contributed by atoms with Gasteiger partial charge in [-0.15, -0.1) is 0 Å². The maximum Gasteiger partial charge on any atom is 0.236 e. The predicted molar refractivity (Wildman–Crippen MR) is 144 cm³/mol. The average molecular weight is 550 g/mol. The smallest absolute Gasteiger partial charge is 0.236 e. The van der Waals surface area contributed by atoms with Crippen LogP contribution in [0.15, 0.2) is 28.5 Å². The van der Waals surface area contributed by atoms with Crippen LogP contribution in [0.4, 0.5) is 0 Å². The third-order valence-corrected chi connectivity index (χ3v) is 8.95. The van der Waals surface area contributed by atoms with Gasteiger partial charge in [-0.1, -0.05) is 6.07 Å². The highest BCUT2D eigenvalue weighted by Gasteiger charge is 2.57. The van der Waals surface area contributed by atoms with Crippen LogP contribution < -0.4 is 15.8 Å². The third kappa shape index (κ3) is 3.85. The van der Waals surface area contributed by atoms with Crippen LogP contribution in [0.2, 0.25) is 0 Å². The molecular weight excluding hydrogens is 514 g/mol. The molecule has 2 bridgehead atoms. The Bertz CT molecular complexity index is 1420. The Morgan fingerprint density at radius 2 is 1.93 bits per heavy atom. The number of Topliss-reactive ketones (excluding diaryl/α,β-unsaturated/α-hetero) is 2. The quantitative estimate of drug-likeness (QED) is 0.448. The summed E-state index contributed by atoms with van der Waals surface area (Å²) in [6.45, 7) is 4.97. The van der Waals surface area contributed by atoms with Gasteiger partial charge >= 0.3 is 0 Å². The summed E-state index contributed by atoms with van der Waals surface area (Å²) >= 11 is 0. The van der Waals surface area contributed by atoms with Crippen LogP contribution in [0.1, 0.15) is 43.0 Å². The number of hydrogen-bond acceptors (Lipinski definition) is 10. The normalized spacial score (nSPS) is 28.8. The first-order valence-corrected chi connectivity index (χ1v) is 13.4. The van der Waals surface area contributed by atoms with E-state index in [1.54, 1.807) is 13.8 Å². The number of phenols is 1. The molecule has 4 N–H and O–H groups in total. The lowest BCUT2D eigenvalue weighted by atomic mass is 9.69. The standard InChI is InChI=1S/C29H35N5O6/c1-12-7-15-8-17-19(10-30)34-18(23(33(17)4)21(15)25(36)27(12)39-5)9-16-22(20(34)11-32-29(38)14(3)31)26(37)28(40-6)13(2)24(16)35/h7,14,17-20,23,36H,8-9,11,31H2,1-6H3,(H,32,38)/t14-,17-,18-,19-,20-,23-/m0/s1. The molecule has 0 radical (unpaired) electrons. The summed E-state index contributed by atoms with van der Waals surface area (Å²) in [6, 6.07) is 1.07. The highest BCUT2D eigenvalue weighted by molar-refractivity contribution is 6.25. The molecule has 4 aliphatic rings. The molecule has 40 heavy (non-hydrogen) atoms. The van der Waals surface area contributed by atoms with Crippen LogP contribution in [0, 0.1) is 18.3 Å². The summed E-state index contributed by atoms with van der Waals surface area (Å²) in [5.74, 6) is -0.749. The van der Waals surface area contributed by atoms with Crippen LogP contribution in [-0.4, -0.2) is 90.4 Å². The number of rotatable bonds is 5. The number of carbonyl (C=O) groups excluding carboxylic acids is 3. The molecule has 6 atom stereocenters. The van der Waals surface area contributed by atoms with Crippen molar-refractivity contribution in [2.75, 3.05) is 27.8 Å². The van der Waals surface area contributed by atoms with E-state index in [1.165, 1.54) is 14.2 Å². The number of nitrogens with two attached hydrogens (primary N) is 1. The van der Waals surface area contributed by atoms with Gasteiger partial charge in [-0.25, -0.2) is 0 Å². The Kier molecular flexibility index (Phi) is 6.98. The minimum atomic E-state index is -0.787.